The molecule has 2 amide bonds. The van der Waals surface area contributed by atoms with Gasteiger partial charge >= 0.3 is 12.1 Å². The lowest BCUT2D eigenvalue weighted by molar-refractivity contribution is -0.131. The number of carbonyl (C=O) groups is 3. The van der Waals surface area contributed by atoms with Crippen LogP contribution in [0.5, 0.6) is 0 Å². The second-order valence-corrected chi connectivity index (χ2v) is 13.1. The summed E-state index contributed by atoms with van der Waals surface area (Å²) in [4.78, 5) is 42.1. The Labute approximate surface area is 258 Å². The van der Waals surface area contributed by atoms with Crippen molar-refractivity contribution in [1.29, 1.82) is 0 Å². The van der Waals surface area contributed by atoms with Crippen LogP contribution < -0.4 is 10.6 Å². The molecule has 0 radical (unpaired) electrons. The number of benzene rings is 2. The summed E-state index contributed by atoms with van der Waals surface area (Å²) < 4.78 is 6.17. The molecule has 4 bridgehead atoms. The van der Waals surface area contributed by atoms with Crippen molar-refractivity contribution < 1.29 is 24.2 Å². The van der Waals surface area contributed by atoms with Crippen molar-refractivity contribution in [3.63, 3.8) is 0 Å². The Bertz CT molecular complexity index is 1530. The summed E-state index contributed by atoms with van der Waals surface area (Å²) in [7, 11) is 0. The molecule has 2 aromatic carbocycles. The number of carboxylic acid groups (broad SMARTS) is 1. The Kier molecular flexibility index (Phi) is 8.60. The lowest BCUT2D eigenvalue weighted by Gasteiger charge is -2.53. The minimum atomic E-state index is -1.33. The average molecular weight is 596 g/mol. The number of fused-ring (bicyclic) bond motifs is 1. The Morgan fingerprint density at radius 3 is 2.36 bits per heavy atom. The van der Waals surface area contributed by atoms with Crippen molar-refractivity contribution >= 4 is 28.9 Å². The summed E-state index contributed by atoms with van der Waals surface area (Å²) in [5.74, 6) is 0.940. The van der Waals surface area contributed by atoms with Crippen LogP contribution >= 0.6 is 0 Å². The van der Waals surface area contributed by atoms with E-state index in [-0.39, 0.29) is 18.4 Å². The number of alkyl carbamates (subject to hydrolysis) is 1. The lowest BCUT2D eigenvalue weighted by atomic mass is 9.55. The van der Waals surface area contributed by atoms with Crippen molar-refractivity contribution in [2.75, 3.05) is 0 Å². The Morgan fingerprint density at radius 2 is 1.66 bits per heavy atom. The molecule has 8 heteroatoms. The largest absolute Gasteiger partial charge is 0.478 e. The van der Waals surface area contributed by atoms with E-state index in [0.29, 0.717) is 18.3 Å². The number of hydrogen-bond acceptors (Lipinski definition) is 4. The molecular formula is C36H41N3O5. The van der Waals surface area contributed by atoms with Crippen molar-refractivity contribution in [1.82, 2.24) is 15.6 Å². The monoisotopic (exact) mass is 595 g/mol. The van der Waals surface area contributed by atoms with Crippen LogP contribution in [0.3, 0.4) is 0 Å². The molecule has 4 aliphatic carbocycles. The number of H-pyrrole nitrogens is 1. The van der Waals surface area contributed by atoms with Gasteiger partial charge in [0.05, 0.1) is 6.04 Å². The number of para-hydroxylation sites is 1. The molecule has 1 heterocycles. The van der Waals surface area contributed by atoms with Crippen LogP contribution in [0.4, 0.5) is 4.79 Å². The fourth-order valence-corrected chi connectivity index (χ4v) is 7.99. The van der Waals surface area contributed by atoms with E-state index in [2.05, 4.69) is 15.6 Å². The average Bonchev–Trinajstić information content (AvgIpc) is 3.39. The highest BCUT2D eigenvalue weighted by Gasteiger charge is 2.50. The zero-order valence-electron chi connectivity index (χ0n) is 25.1. The number of ether oxygens (including phenoxy) is 1. The maximum absolute atomic E-state index is 14.2. The first kappa shape index (κ1) is 29.7. The van der Waals surface area contributed by atoms with E-state index >= 15 is 0 Å². The number of carbonyl (C=O) groups excluding carboxylic acids is 2. The number of nitrogens with one attached hydrogen (secondary N) is 3. The number of amides is 2. The molecule has 3 aromatic rings. The molecule has 4 aliphatic rings. The predicted octanol–water partition coefficient (Wildman–Crippen LogP) is 5.94. The van der Waals surface area contributed by atoms with Crippen LogP contribution in [-0.4, -0.2) is 45.7 Å². The van der Waals surface area contributed by atoms with Gasteiger partial charge in [0.1, 0.15) is 11.6 Å². The van der Waals surface area contributed by atoms with Gasteiger partial charge in [0.2, 0.25) is 5.91 Å². The molecule has 7 rings (SSSR count). The molecule has 4 saturated carbocycles. The van der Waals surface area contributed by atoms with E-state index in [4.69, 9.17) is 9.84 Å². The highest BCUT2D eigenvalue weighted by atomic mass is 16.6. The maximum atomic E-state index is 14.2. The Hall–Kier alpha value is -4.33. The Morgan fingerprint density at radius 1 is 0.977 bits per heavy atom. The van der Waals surface area contributed by atoms with Gasteiger partial charge in [0.25, 0.3) is 0 Å². The van der Waals surface area contributed by atoms with Gasteiger partial charge in [-0.25, -0.2) is 9.59 Å². The molecule has 1 aromatic heterocycles. The number of rotatable bonds is 11. The van der Waals surface area contributed by atoms with Crippen molar-refractivity contribution in [3.8, 4) is 0 Å². The second kappa shape index (κ2) is 12.7. The standard InChI is InChI=1S/C36H41N3O5/c1-36(21-28-22-37-31-13-7-6-12-30(28)31,39-35(43)44-33-26-16-24-15-25(18-26)19-27(33)17-24)34(42)38-29(11-5-8-14-32(40)41)20-23-9-3-2-4-10-23/h2-14,22,24-27,29,33,37H,15-21H2,1H3,(H,38,42)(H,39,43)(H,40,41)/b11-5+,14-8+. The topological polar surface area (TPSA) is 121 Å². The SMILES string of the molecule is CC(Cc1c[nH]c2ccccc12)(NC(=O)OC1C2CC3CC(C2)CC1C3)C(=O)NC(/C=C/C=C/C(=O)O)Cc1ccccc1. The van der Waals surface area contributed by atoms with Crippen LogP contribution in [-0.2, 0) is 27.2 Å². The molecule has 0 aliphatic heterocycles. The van der Waals surface area contributed by atoms with E-state index in [1.165, 1.54) is 12.5 Å². The van der Waals surface area contributed by atoms with Crippen molar-refractivity contribution in [3.05, 3.63) is 96.2 Å². The lowest BCUT2D eigenvalue weighted by Crippen LogP contribution is -2.61. The van der Waals surface area contributed by atoms with Gasteiger partial charge in [-0.1, -0.05) is 66.8 Å². The van der Waals surface area contributed by atoms with Crippen LogP contribution in [0.25, 0.3) is 10.9 Å². The summed E-state index contributed by atoms with van der Waals surface area (Å²) >= 11 is 0. The van der Waals surface area contributed by atoms with Crippen LogP contribution in [0.2, 0.25) is 0 Å². The smallest absolute Gasteiger partial charge is 0.408 e. The molecule has 44 heavy (non-hydrogen) atoms. The maximum Gasteiger partial charge on any atom is 0.408 e. The van der Waals surface area contributed by atoms with Gasteiger partial charge in [-0.2, -0.15) is 0 Å². The van der Waals surface area contributed by atoms with Gasteiger partial charge in [0, 0.05) is 29.6 Å². The molecule has 2 unspecified atom stereocenters. The zero-order chi connectivity index (χ0) is 30.7. The molecule has 2 atom stereocenters. The van der Waals surface area contributed by atoms with E-state index in [9.17, 15) is 14.4 Å². The van der Waals surface area contributed by atoms with Crippen LogP contribution in [0.15, 0.2) is 85.1 Å². The number of aliphatic carboxylic acids is 1. The molecule has 0 saturated heterocycles. The van der Waals surface area contributed by atoms with E-state index in [1.807, 2.05) is 60.8 Å². The van der Waals surface area contributed by atoms with Crippen molar-refractivity contribution in [2.24, 2.45) is 23.7 Å². The van der Waals surface area contributed by atoms with E-state index in [1.54, 1.807) is 19.1 Å². The molecule has 0 spiro atoms. The van der Waals surface area contributed by atoms with Gasteiger partial charge in [-0.3, -0.25) is 4.79 Å². The minimum Gasteiger partial charge on any atom is -0.478 e. The third kappa shape index (κ3) is 6.74. The first-order valence-corrected chi connectivity index (χ1v) is 15.7. The molecule has 4 N–H and O–H groups in total. The zero-order valence-corrected chi connectivity index (χ0v) is 25.1. The summed E-state index contributed by atoms with van der Waals surface area (Å²) in [5.41, 5.74) is 1.55. The van der Waals surface area contributed by atoms with E-state index < -0.39 is 23.6 Å². The number of aromatic nitrogens is 1. The summed E-state index contributed by atoms with van der Waals surface area (Å²) in [6.45, 7) is 1.75. The summed E-state index contributed by atoms with van der Waals surface area (Å²) in [6, 6.07) is 17.2. The number of allylic oxidation sites excluding steroid dienone is 2. The van der Waals surface area contributed by atoms with E-state index in [0.717, 1.165) is 65.6 Å². The minimum absolute atomic E-state index is 0.0991. The third-order valence-electron chi connectivity index (χ3n) is 9.79. The fraction of sp³-hybridized carbons (Fsp3) is 0.417. The molecule has 230 valence electrons. The molecule has 4 fully saturated rings. The van der Waals surface area contributed by atoms with Crippen LogP contribution in [0.1, 0.15) is 50.2 Å². The quantitative estimate of drug-likeness (QED) is 0.161. The van der Waals surface area contributed by atoms with Gasteiger partial charge in [-0.05, 0) is 86.3 Å². The normalized spacial score (nSPS) is 26.1. The highest BCUT2D eigenvalue weighted by Crippen LogP contribution is 2.54. The molecular weight excluding hydrogens is 554 g/mol. The van der Waals surface area contributed by atoms with Gasteiger partial charge in [0.15, 0.2) is 0 Å². The predicted molar refractivity (Wildman–Crippen MR) is 169 cm³/mol. The second-order valence-electron chi connectivity index (χ2n) is 13.1. The number of aromatic amines is 1. The molecule has 8 nitrogen and oxygen atoms in total. The summed E-state index contributed by atoms with van der Waals surface area (Å²) in [6.07, 6.45) is 13.7. The highest BCUT2D eigenvalue weighted by molar-refractivity contribution is 5.92. The number of carboxylic acids is 1. The summed E-state index contributed by atoms with van der Waals surface area (Å²) in [5, 5.41) is 16.1. The fourth-order valence-electron chi connectivity index (χ4n) is 7.99. The number of hydrogen-bond donors (Lipinski definition) is 4. The van der Waals surface area contributed by atoms with Crippen molar-refractivity contribution in [2.45, 2.75) is 69.6 Å². The Balaban J connectivity index is 1.23. The third-order valence-corrected chi connectivity index (χ3v) is 9.79. The first-order chi connectivity index (χ1) is 21.3. The van der Waals surface area contributed by atoms with Gasteiger partial charge in [-0.15, -0.1) is 0 Å². The van der Waals surface area contributed by atoms with Gasteiger partial charge < -0.3 is 25.5 Å². The van der Waals surface area contributed by atoms with Crippen LogP contribution in [0, 0.1) is 23.7 Å². The first-order valence-electron chi connectivity index (χ1n) is 15.7.